The van der Waals surface area contributed by atoms with Gasteiger partial charge in [0.1, 0.15) is 11.5 Å². The molecule has 0 aliphatic heterocycles. The Labute approximate surface area is 178 Å². The number of hydrogen-bond donors (Lipinski definition) is 0. The summed E-state index contributed by atoms with van der Waals surface area (Å²) < 4.78 is 31.4. The molecule has 0 saturated heterocycles. The van der Waals surface area contributed by atoms with Gasteiger partial charge in [-0.3, -0.25) is 0 Å². The third kappa shape index (κ3) is 5.61. The van der Waals surface area contributed by atoms with Gasteiger partial charge in [0.05, 0.1) is 19.8 Å². The minimum atomic E-state index is -0.393. The van der Waals surface area contributed by atoms with E-state index in [1.807, 2.05) is 37.3 Å². The molecule has 0 bridgehead atoms. The summed E-state index contributed by atoms with van der Waals surface area (Å²) in [6.45, 7) is 7.92. The van der Waals surface area contributed by atoms with Crippen LogP contribution in [0.2, 0.25) is 0 Å². The lowest BCUT2D eigenvalue weighted by atomic mass is 9.81. The van der Waals surface area contributed by atoms with E-state index < -0.39 is 5.82 Å². The fourth-order valence-electron chi connectivity index (χ4n) is 3.24. The summed E-state index contributed by atoms with van der Waals surface area (Å²) in [5.41, 5.74) is 1.96. The van der Waals surface area contributed by atoms with E-state index >= 15 is 0 Å². The first-order chi connectivity index (χ1) is 14.5. The summed E-state index contributed by atoms with van der Waals surface area (Å²) in [6.07, 6.45) is 0.937. The van der Waals surface area contributed by atoms with Gasteiger partial charge in [-0.2, -0.15) is 0 Å². The first-order valence-corrected chi connectivity index (χ1v) is 10.4. The molecular weight excluding hydrogens is 379 g/mol. The van der Waals surface area contributed by atoms with Gasteiger partial charge in [0.15, 0.2) is 11.6 Å². The molecule has 3 aromatic rings. The molecule has 4 heteroatoms. The van der Waals surface area contributed by atoms with Gasteiger partial charge < -0.3 is 14.2 Å². The van der Waals surface area contributed by atoms with E-state index in [-0.39, 0.29) is 11.2 Å². The van der Waals surface area contributed by atoms with Gasteiger partial charge >= 0.3 is 0 Å². The molecule has 0 aliphatic carbocycles. The number of ether oxygens (including phenoxy) is 3. The molecule has 0 heterocycles. The number of para-hydroxylation sites is 1. The smallest absolute Gasteiger partial charge is 0.165 e. The monoisotopic (exact) mass is 408 g/mol. The van der Waals surface area contributed by atoms with Crippen molar-refractivity contribution in [3.05, 3.63) is 89.7 Å². The third-order valence-corrected chi connectivity index (χ3v) is 5.30. The second kappa shape index (κ2) is 10.3. The molecule has 158 valence electrons. The van der Waals surface area contributed by atoms with Gasteiger partial charge in [0.25, 0.3) is 0 Å². The molecule has 0 amide bonds. The predicted molar refractivity (Wildman–Crippen MR) is 118 cm³/mol. The minimum absolute atomic E-state index is 0.117. The van der Waals surface area contributed by atoms with Crippen LogP contribution in [0.5, 0.6) is 17.2 Å². The molecule has 1 unspecified atom stereocenters. The average Bonchev–Trinajstić information content (AvgIpc) is 2.77. The van der Waals surface area contributed by atoms with Crippen molar-refractivity contribution in [2.75, 3.05) is 13.2 Å². The molecule has 0 N–H and O–H groups in total. The summed E-state index contributed by atoms with van der Waals surface area (Å²) in [6, 6.07) is 22.2. The van der Waals surface area contributed by atoms with Crippen molar-refractivity contribution in [1.29, 1.82) is 0 Å². The Kier molecular flexibility index (Phi) is 7.47. The van der Waals surface area contributed by atoms with Crippen LogP contribution in [0.15, 0.2) is 72.8 Å². The number of hydrogen-bond acceptors (Lipinski definition) is 3. The van der Waals surface area contributed by atoms with E-state index in [0.717, 1.165) is 17.7 Å². The normalized spacial score (nSPS) is 12.9. The molecule has 3 rings (SSSR count). The number of benzene rings is 3. The highest BCUT2D eigenvalue weighted by molar-refractivity contribution is 5.35. The molecule has 0 radical (unpaired) electrons. The van der Waals surface area contributed by atoms with Crippen LogP contribution in [0.4, 0.5) is 4.39 Å². The maximum Gasteiger partial charge on any atom is 0.165 e. The van der Waals surface area contributed by atoms with Crippen LogP contribution in [0.3, 0.4) is 0 Å². The molecular formula is C26H29FO3. The van der Waals surface area contributed by atoms with E-state index in [1.165, 1.54) is 11.6 Å². The Balaban J connectivity index is 1.63. The standard InChI is InChI=1S/C26H29FO3/c1-4-26(3,21-12-14-22(15-13-21)29-5-2)19-28-18-20-11-16-24(27)25(17-20)30-23-9-7-6-8-10-23/h6-17H,4-5,18-19H2,1-3H3. The molecule has 30 heavy (non-hydrogen) atoms. The van der Waals surface area contributed by atoms with Gasteiger partial charge in [-0.15, -0.1) is 0 Å². The molecule has 0 aromatic heterocycles. The fraction of sp³-hybridized carbons (Fsp3) is 0.308. The van der Waals surface area contributed by atoms with Gasteiger partial charge in [-0.25, -0.2) is 4.39 Å². The molecule has 1 atom stereocenters. The summed E-state index contributed by atoms with van der Waals surface area (Å²) >= 11 is 0. The summed E-state index contributed by atoms with van der Waals surface area (Å²) in [5.74, 6) is 1.28. The Morgan fingerprint density at radius 3 is 2.27 bits per heavy atom. The van der Waals surface area contributed by atoms with Crippen LogP contribution in [-0.4, -0.2) is 13.2 Å². The molecule has 3 nitrogen and oxygen atoms in total. The van der Waals surface area contributed by atoms with E-state index in [9.17, 15) is 4.39 Å². The fourth-order valence-corrected chi connectivity index (χ4v) is 3.24. The van der Waals surface area contributed by atoms with Crippen molar-refractivity contribution in [2.45, 2.75) is 39.2 Å². The highest BCUT2D eigenvalue weighted by atomic mass is 19.1. The zero-order valence-electron chi connectivity index (χ0n) is 17.9. The average molecular weight is 409 g/mol. The first-order valence-electron chi connectivity index (χ1n) is 10.4. The lowest BCUT2D eigenvalue weighted by Gasteiger charge is -2.29. The van der Waals surface area contributed by atoms with Crippen LogP contribution >= 0.6 is 0 Å². The highest BCUT2D eigenvalue weighted by Gasteiger charge is 2.25. The second-order valence-corrected chi connectivity index (χ2v) is 7.54. The van der Waals surface area contributed by atoms with Crippen LogP contribution in [0.25, 0.3) is 0 Å². The van der Waals surface area contributed by atoms with Crippen LogP contribution in [0.1, 0.15) is 38.3 Å². The highest BCUT2D eigenvalue weighted by Crippen LogP contribution is 2.30. The Morgan fingerprint density at radius 2 is 1.60 bits per heavy atom. The van der Waals surface area contributed by atoms with E-state index in [4.69, 9.17) is 14.2 Å². The van der Waals surface area contributed by atoms with Crippen molar-refractivity contribution in [3.8, 4) is 17.2 Å². The first kappa shape index (κ1) is 21.8. The number of rotatable bonds is 10. The maximum atomic E-state index is 14.2. The van der Waals surface area contributed by atoms with Crippen LogP contribution in [-0.2, 0) is 16.8 Å². The van der Waals surface area contributed by atoms with Crippen molar-refractivity contribution in [3.63, 3.8) is 0 Å². The van der Waals surface area contributed by atoms with Crippen LogP contribution in [0, 0.1) is 5.82 Å². The third-order valence-electron chi connectivity index (χ3n) is 5.30. The van der Waals surface area contributed by atoms with Gasteiger partial charge in [-0.05, 0) is 60.9 Å². The molecule has 0 saturated carbocycles. The maximum absolute atomic E-state index is 14.2. The van der Waals surface area contributed by atoms with Crippen molar-refractivity contribution >= 4 is 0 Å². The summed E-state index contributed by atoms with van der Waals surface area (Å²) in [7, 11) is 0. The zero-order valence-corrected chi connectivity index (χ0v) is 17.9. The number of halogens is 1. The minimum Gasteiger partial charge on any atom is -0.494 e. The van der Waals surface area contributed by atoms with Crippen LogP contribution < -0.4 is 9.47 Å². The zero-order chi connectivity index (χ0) is 21.4. The largest absolute Gasteiger partial charge is 0.494 e. The molecule has 0 spiro atoms. The summed E-state index contributed by atoms with van der Waals surface area (Å²) in [5, 5.41) is 0. The topological polar surface area (TPSA) is 27.7 Å². The van der Waals surface area contributed by atoms with E-state index in [0.29, 0.717) is 25.6 Å². The van der Waals surface area contributed by atoms with Crippen molar-refractivity contribution in [2.24, 2.45) is 0 Å². The molecule has 0 aliphatic rings. The molecule has 0 fully saturated rings. The Hall–Kier alpha value is -2.85. The lowest BCUT2D eigenvalue weighted by molar-refractivity contribution is 0.0746. The Morgan fingerprint density at radius 1 is 0.867 bits per heavy atom. The van der Waals surface area contributed by atoms with Gasteiger partial charge in [0.2, 0.25) is 0 Å². The van der Waals surface area contributed by atoms with Gasteiger partial charge in [0, 0.05) is 5.41 Å². The second-order valence-electron chi connectivity index (χ2n) is 7.54. The summed E-state index contributed by atoms with van der Waals surface area (Å²) in [4.78, 5) is 0. The van der Waals surface area contributed by atoms with E-state index in [2.05, 4.69) is 26.0 Å². The van der Waals surface area contributed by atoms with E-state index in [1.54, 1.807) is 24.3 Å². The van der Waals surface area contributed by atoms with Crippen molar-refractivity contribution in [1.82, 2.24) is 0 Å². The van der Waals surface area contributed by atoms with Crippen molar-refractivity contribution < 1.29 is 18.6 Å². The van der Waals surface area contributed by atoms with Gasteiger partial charge in [-0.1, -0.05) is 50.2 Å². The Bertz CT molecular complexity index is 925. The quantitative estimate of drug-likeness (QED) is 0.365. The molecule has 3 aromatic carbocycles. The predicted octanol–water partition coefficient (Wildman–Crippen LogP) is 6.90. The lowest BCUT2D eigenvalue weighted by Crippen LogP contribution is -2.27. The SMILES string of the molecule is CCOc1ccc(C(C)(CC)COCc2ccc(F)c(Oc3ccccc3)c2)cc1.